The second-order valence-corrected chi connectivity index (χ2v) is 6.60. The van der Waals surface area contributed by atoms with E-state index in [-0.39, 0.29) is 23.6 Å². The van der Waals surface area contributed by atoms with Gasteiger partial charge in [0.15, 0.2) is 0 Å². The minimum absolute atomic E-state index is 0.215. The Kier molecular flexibility index (Phi) is 8.11. The molecule has 0 radical (unpaired) electrons. The molecule has 0 fully saturated rings. The molecule has 3 amide bonds. The number of carbonyl (C=O) groups excluding carboxylic acids is 3. The molecule has 25 heavy (non-hydrogen) atoms. The van der Waals surface area contributed by atoms with Crippen LogP contribution in [0.4, 0.5) is 0 Å². The maximum Gasteiger partial charge on any atom is 0.252 e. The fourth-order valence-electron chi connectivity index (χ4n) is 2.47. The third-order valence-corrected chi connectivity index (χ3v) is 3.82. The van der Waals surface area contributed by atoms with Crippen molar-refractivity contribution < 1.29 is 14.4 Å². The number of likely N-dealkylation sites (N-methyl/N-ethyl adjacent to an activating group) is 1. The summed E-state index contributed by atoms with van der Waals surface area (Å²) in [5.41, 5.74) is 1.39. The molecular weight excluding hydrogens is 318 g/mol. The van der Waals surface area contributed by atoms with E-state index in [0.717, 1.165) is 5.56 Å². The molecule has 138 valence electrons. The molecule has 1 aromatic rings. The molecule has 0 bridgehead atoms. The van der Waals surface area contributed by atoms with Gasteiger partial charge in [-0.05, 0) is 44.7 Å². The molecule has 0 aliphatic carbocycles. The second kappa shape index (κ2) is 9.81. The molecule has 0 unspecified atom stereocenters. The Morgan fingerprint density at radius 2 is 1.64 bits per heavy atom. The highest BCUT2D eigenvalue weighted by Gasteiger charge is 2.25. The highest BCUT2D eigenvalue weighted by Crippen LogP contribution is 2.10. The van der Waals surface area contributed by atoms with Crippen molar-refractivity contribution in [3.63, 3.8) is 0 Å². The van der Waals surface area contributed by atoms with Crippen molar-refractivity contribution in [1.82, 2.24) is 16.0 Å². The van der Waals surface area contributed by atoms with Gasteiger partial charge in [-0.15, -0.1) is 0 Å². The first-order chi connectivity index (χ1) is 11.8. The fourth-order valence-corrected chi connectivity index (χ4v) is 2.47. The molecule has 6 heteroatoms. The molecule has 3 N–H and O–H groups in total. The van der Waals surface area contributed by atoms with Crippen LogP contribution in [0.25, 0.3) is 0 Å². The standard InChI is InChI=1S/C19H29N3O3/c1-6-20-17(23)14(5)21-19(25)16(11-12(2)3)22-18(24)15-10-8-7-9-13(15)4/h7-10,12,14,16H,6,11H2,1-5H3,(H,20,23)(H,21,25)(H,22,24)/t14-,16+/m1/s1. The normalized spacial score (nSPS) is 13.0. The molecule has 0 aromatic heterocycles. The number of rotatable bonds is 8. The van der Waals surface area contributed by atoms with Gasteiger partial charge in [0, 0.05) is 12.1 Å². The van der Waals surface area contributed by atoms with Crippen LogP contribution < -0.4 is 16.0 Å². The minimum atomic E-state index is -0.691. The van der Waals surface area contributed by atoms with Crippen LogP contribution in [0.2, 0.25) is 0 Å². The van der Waals surface area contributed by atoms with Crippen molar-refractivity contribution in [2.75, 3.05) is 6.54 Å². The number of aryl methyl sites for hydroxylation is 1. The first-order valence-corrected chi connectivity index (χ1v) is 8.70. The summed E-state index contributed by atoms with van der Waals surface area (Å²) >= 11 is 0. The molecule has 0 saturated carbocycles. The summed E-state index contributed by atoms with van der Waals surface area (Å²) < 4.78 is 0. The number of hydrogen-bond donors (Lipinski definition) is 3. The Labute approximate surface area is 149 Å². The highest BCUT2D eigenvalue weighted by atomic mass is 16.2. The number of nitrogens with one attached hydrogen (secondary N) is 3. The summed E-state index contributed by atoms with van der Waals surface area (Å²) in [6.45, 7) is 9.75. The van der Waals surface area contributed by atoms with Gasteiger partial charge in [-0.2, -0.15) is 0 Å². The van der Waals surface area contributed by atoms with Gasteiger partial charge < -0.3 is 16.0 Å². The molecule has 0 saturated heterocycles. The average Bonchev–Trinajstić information content (AvgIpc) is 2.54. The zero-order valence-corrected chi connectivity index (χ0v) is 15.7. The topological polar surface area (TPSA) is 87.3 Å². The molecule has 0 heterocycles. The Bertz CT molecular complexity index is 614. The summed E-state index contributed by atoms with van der Waals surface area (Å²) in [5, 5.41) is 8.14. The SMILES string of the molecule is CCNC(=O)[C@@H](C)NC(=O)[C@H](CC(C)C)NC(=O)c1ccccc1C. The van der Waals surface area contributed by atoms with Crippen LogP contribution in [-0.2, 0) is 9.59 Å². The van der Waals surface area contributed by atoms with E-state index in [0.29, 0.717) is 18.5 Å². The van der Waals surface area contributed by atoms with Gasteiger partial charge in [0.25, 0.3) is 5.91 Å². The van der Waals surface area contributed by atoms with Gasteiger partial charge in [-0.1, -0.05) is 32.0 Å². The van der Waals surface area contributed by atoms with Gasteiger partial charge in [-0.25, -0.2) is 0 Å². The van der Waals surface area contributed by atoms with E-state index in [4.69, 9.17) is 0 Å². The molecule has 2 atom stereocenters. The van der Waals surface area contributed by atoms with Gasteiger partial charge in [0.2, 0.25) is 11.8 Å². The lowest BCUT2D eigenvalue weighted by Crippen LogP contribution is -2.53. The molecule has 6 nitrogen and oxygen atoms in total. The average molecular weight is 347 g/mol. The Balaban J connectivity index is 2.83. The lowest BCUT2D eigenvalue weighted by molar-refractivity contribution is -0.129. The predicted molar refractivity (Wildman–Crippen MR) is 98.2 cm³/mol. The summed E-state index contributed by atoms with van der Waals surface area (Å²) in [7, 11) is 0. The Morgan fingerprint density at radius 3 is 2.20 bits per heavy atom. The van der Waals surface area contributed by atoms with Crippen LogP contribution in [0, 0.1) is 12.8 Å². The van der Waals surface area contributed by atoms with Crippen LogP contribution >= 0.6 is 0 Å². The van der Waals surface area contributed by atoms with Gasteiger partial charge in [0.1, 0.15) is 12.1 Å². The summed E-state index contributed by atoms with van der Waals surface area (Å²) in [6.07, 6.45) is 0.492. The van der Waals surface area contributed by atoms with Gasteiger partial charge >= 0.3 is 0 Å². The van der Waals surface area contributed by atoms with E-state index in [9.17, 15) is 14.4 Å². The van der Waals surface area contributed by atoms with Crippen LogP contribution in [-0.4, -0.2) is 36.3 Å². The maximum atomic E-state index is 12.5. The Morgan fingerprint density at radius 1 is 1.00 bits per heavy atom. The quantitative estimate of drug-likeness (QED) is 0.670. The van der Waals surface area contributed by atoms with Crippen molar-refractivity contribution in [3.05, 3.63) is 35.4 Å². The van der Waals surface area contributed by atoms with Crippen LogP contribution in [0.1, 0.15) is 50.0 Å². The molecule has 0 aliphatic rings. The van der Waals surface area contributed by atoms with E-state index in [1.54, 1.807) is 19.1 Å². The van der Waals surface area contributed by atoms with Crippen molar-refractivity contribution in [1.29, 1.82) is 0 Å². The van der Waals surface area contributed by atoms with Crippen molar-refractivity contribution in [2.24, 2.45) is 5.92 Å². The molecule has 1 aromatic carbocycles. The summed E-state index contributed by atoms with van der Waals surface area (Å²) in [6, 6.07) is 5.88. The van der Waals surface area contributed by atoms with Crippen molar-refractivity contribution in [2.45, 2.75) is 53.1 Å². The van der Waals surface area contributed by atoms with E-state index in [2.05, 4.69) is 16.0 Å². The van der Waals surface area contributed by atoms with Gasteiger partial charge in [-0.3, -0.25) is 14.4 Å². The number of hydrogen-bond acceptors (Lipinski definition) is 3. The zero-order valence-electron chi connectivity index (χ0n) is 15.7. The lowest BCUT2D eigenvalue weighted by Gasteiger charge is -2.22. The Hall–Kier alpha value is -2.37. The smallest absolute Gasteiger partial charge is 0.252 e. The maximum absolute atomic E-state index is 12.5. The second-order valence-electron chi connectivity index (χ2n) is 6.60. The third-order valence-electron chi connectivity index (χ3n) is 3.82. The molecule has 1 rings (SSSR count). The molecule has 0 spiro atoms. The fraction of sp³-hybridized carbons (Fsp3) is 0.526. The van der Waals surface area contributed by atoms with E-state index < -0.39 is 12.1 Å². The first kappa shape index (κ1) is 20.7. The van der Waals surface area contributed by atoms with Crippen LogP contribution in [0.5, 0.6) is 0 Å². The zero-order chi connectivity index (χ0) is 19.0. The van der Waals surface area contributed by atoms with E-state index >= 15 is 0 Å². The molecular formula is C19H29N3O3. The monoisotopic (exact) mass is 347 g/mol. The summed E-state index contributed by atoms with van der Waals surface area (Å²) in [5.74, 6) is -0.670. The van der Waals surface area contributed by atoms with Crippen molar-refractivity contribution in [3.8, 4) is 0 Å². The van der Waals surface area contributed by atoms with E-state index in [1.807, 2.05) is 39.8 Å². The van der Waals surface area contributed by atoms with Gasteiger partial charge in [0.05, 0.1) is 0 Å². The minimum Gasteiger partial charge on any atom is -0.355 e. The number of benzene rings is 1. The highest BCUT2D eigenvalue weighted by molar-refractivity contribution is 5.99. The molecule has 0 aliphatic heterocycles. The largest absolute Gasteiger partial charge is 0.355 e. The van der Waals surface area contributed by atoms with Crippen LogP contribution in [0.3, 0.4) is 0 Å². The van der Waals surface area contributed by atoms with Crippen molar-refractivity contribution >= 4 is 17.7 Å². The van der Waals surface area contributed by atoms with E-state index in [1.165, 1.54) is 0 Å². The summed E-state index contributed by atoms with van der Waals surface area (Å²) in [4.78, 5) is 36.9. The third kappa shape index (κ3) is 6.57. The first-order valence-electron chi connectivity index (χ1n) is 8.70. The lowest BCUT2D eigenvalue weighted by atomic mass is 10.0. The predicted octanol–water partition coefficient (Wildman–Crippen LogP) is 1.78. The number of amides is 3. The van der Waals surface area contributed by atoms with Crippen LogP contribution in [0.15, 0.2) is 24.3 Å². The number of carbonyl (C=O) groups is 3.